The van der Waals surface area contributed by atoms with E-state index < -0.39 is 0 Å². The van der Waals surface area contributed by atoms with Crippen LogP contribution in [0.2, 0.25) is 0 Å². The van der Waals surface area contributed by atoms with Crippen LogP contribution in [0, 0.1) is 5.82 Å². The first-order valence-electron chi connectivity index (χ1n) is 10.8. The third-order valence-corrected chi connectivity index (χ3v) is 6.07. The van der Waals surface area contributed by atoms with Gasteiger partial charge >= 0.3 is 0 Å². The minimum Gasteiger partial charge on any atom is -0.494 e. The Kier molecular flexibility index (Phi) is 5.04. The van der Waals surface area contributed by atoms with E-state index in [1.165, 1.54) is 17.7 Å². The van der Waals surface area contributed by atoms with Gasteiger partial charge in [0.25, 0.3) is 0 Å². The van der Waals surface area contributed by atoms with Crippen LogP contribution in [0.1, 0.15) is 30.7 Å². The highest BCUT2D eigenvalue weighted by atomic mass is 19.1. The molecule has 3 heterocycles. The molecule has 4 aromatic rings. The second kappa shape index (κ2) is 7.90. The average Bonchev–Trinajstić information content (AvgIpc) is 3.11. The maximum Gasteiger partial charge on any atom is 0.149 e. The van der Waals surface area contributed by atoms with Crippen LogP contribution in [0.15, 0.2) is 60.8 Å². The number of aryl methyl sites for hydroxylation is 2. The molecule has 0 fully saturated rings. The van der Waals surface area contributed by atoms with Crippen molar-refractivity contribution in [3.05, 3.63) is 83.4 Å². The van der Waals surface area contributed by atoms with Gasteiger partial charge < -0.3 is 9.47 Å². The summed E-state index contributed by atoms with van der Waals surface area (Å²) in [6, 6.07) is 16.8. The van der Waals surface area contributed by atoms with Crippen molar-refractivity contribution in [3.8, 4) is 22.8 Å². The Morgan fingerprint density at radius 3 is 2.66 bits per heavy atom. The average molecular weight is 429 g/mol. The molecule has 162 valence electrons. The van der Waals surface area contributed by atoms with Crippen LogP contribution in [0.4, 0.5) is 4.39 Å². The quantitative estimate of drug-likeness (QED) is 0.397. The second-order valence-corrected chi connectivity index (χ2v) is 8.89. The summed E-state index contributed by atoms with van der Waals surface area (Å²) in [7, 11) is 1.67. The minimum atomic E-state index is -0.262. The van der Waals surface area contributed by atoms with E-state index >= 15 is 0 Å². The van der Waals surface area contributed by atoms with Crippen LogP contribution in [0.25, 0.3) is 22.2 Å². The predicted molar refractivity (Wildman–Crippen MR) is 124 cm³/mol. The predicted octanol–water partition coefficient (Wildman–Crippen LogP) is 5.90. The SMILES string of the molecule is COc1cc(CCc2cc3c(c(-c4ccc(F)cc4)n2)OCC3(C)C)cc2cccnc12. The molecule has 0 atom stereocenters. The molecule has 0 amide bonds. The molecular formula is C27H25FN2O2. The van der Waals surface area contributed by atoms with Gasteiger partial charge in [-0.1, -0.05) is 19.9 Å². The van der Waals surface area contributed by atoms with E-state index in [9.17, 15) is 4.39 Å². The first kappa shape index (κ1) is 20.4. The summed E-state index contributed by atoms with van der Waals surface area (Å²) in [6.07, 6.45) is 3.36. The summed E-state index contributed by atoms with van der Waals surface area (Å²) in [5.41, 5.74) is 5.73. The number of nitrogens with zero attached hydrogens (tertiary/aromatic N) is 2. The molecule has 2 aromatic carbocycles. The molecule has 5 heteroatoms. The van der Waals surface area contributed by atoms with Crippen molar-refractivity contribution in [3.63, 3.8) is 0 Å². The lowest BCUT2D eigenvalue weighted by Gasteiger charge is -2.17. The molecule has 0 unspecified atom stereocenters. The lowest BCUT2D eigenvalue weighted by molar-refractivity contribution is 0.291. The van der Waals surface area contributed by atoms with E-state index in [0.717, 1.165) is 57.8 Å². The molecule has 0 radical (unpaired) electrons. The van der Waals surface area contributed by atoms with Crippen molar-refractivity contribution in [2.45, 2.75) is 32.1 Å². The number of pyridine rings is 2. The van der Waals surface area contributed by atoms with Crippen LogP contribution in [-0.4, -0.2) is 23.7 Å². The van der Waals surface area contributed by atoms with E-state index in [-0.39, 0.29) is 11.2 Å². The Hall–Kier alpha value is -3.47. The van der Waals surface area contributed by atoms with Crippen molar-refractivity contribution in [1.82, 2.24) is 9.97 Å². The van der Waals surface area contributed by atoms with Gasteiger partial charge in [0.1, 0.15) is 28.5 Å². The largest absolute Gasteiger partial charge is 0.494 e. The molecule has 0 spiro atoms. The van der Waals surface area contributed by atoms with Crippen molar-refractivity contribution >= 4 is 10.9 Å². The van der Waals surface area contributed by atoms with Crippen molar-refractivity contribution in [2.75, 3.05) is 13.7 Å². The molecule has 4 nitrogen and oxygen atoms in total. The Balaban J connectivity index is 1.51. The van der Waals surface area contributed by atoms with Gasteiger partial charge in [0.2, 0.25) is 0 Å². The monoisotopic (exact) mass is 428 g/mol. The van der Waals surface area contributed by atoms with Crippen molar-refractivity contribution in [2.24, 2.45) is 0 Å². The number of methoxy groups -OCH3 is 1. The van der Waals surface area contributed by atoms with Crippen LogP contribution in [0.3, 0.4) is 0 Å². The number of hydrogen-bond acceptors (Lipinski definition) is 4. The van der Waals surface area contributed by atoms with Gasteiger partial charge in [-0.15, -0.1) is 0 Å². The molecule has 0 bridgehead atoms. The minimum absolute atomic E-state index is 0.0976. The summed E-state index contributed by atoms with van der Waals surface area (Å²) >= 11 is 0. The topological polar surface area (TPSA) is 44.2 Å². The van der Waals surface area contributed by atoms with E-state index in [2.05, 4.69) is 43.1 Å². The number of fused-ring (bicyclic) bond motifs is 2. The van der Waals surface area contributed by atoms with E-state index in [4.69, 9.17) is 14.5 Å². The van der Waals surface area contributed by atoms with E-state index in [1.807, 2.05) is 6.07 Å². The molecule has 2 aromatic heterocycles. The Morgan fingerprint density at radius 1 is 1.06 bits per heavy atom. The lowest BCUT2D eigenvalue weighted by Crippen LogP contribution is -2.18. The lowest BCUT2D eigenvalue weighted by atomic mass is 9.86. The molecule has 1 aliphatic heterocycles. The summed E-state index contributed by atoms with van der Waals surface area (Å²) in [6.45, 7) is 4.97. The standard InChI is InChI=1S/C27H25FN2O2/c1-27(2)16-32-26-22(27)15-21(30-25(26)18-7-9-20(28)10-8-18)11-6-17-13-19-5-4-12-29-24(19)23(14-17)31-3/h4-5,7-10,12-15H,6,11,16H2,1-3H3. The van der Waals surface area contributed by atoms with E-state index in [1.54, 1.807) is 25.4 Å². The maximum atomic E-state index is 13.5. The molecule has 0 saturated carbocycles. The Bertz CT molecular complexity index is 1300. The molecule has 0 aliphatic carbocycles. The van der Waals surface area contributed by atoms with Gasteiger partial charge in [0, 0.05) is 33.8 Å². The van der Waals surface area contributed by atoms with Crippen molar-refractivity contribution in [1.29, 1.82) is 0 Å². The fraction of sp³-hybridized carbons (Fsp3) is 0.259. The van der Waals surface area contributed by atoms with Crippen molar-refractivity contribution < 1.29 is 13.9 Å². The van der Waals surface area contributed by atoms with Crippen LogP contribution in [-0.2, 0) is 18.3 Å². The fourth-order valence-electron chi connectivity index (χ4n) is 4.29. The number of benzene rings is 2. The molecule has 32 heavy (non-hydrogen) atoms. The summed E-state index contributed by atoms with van der Waals surface area (Å²) in [4.78, 5) is 9.38. The highest BCUT2D eigenvalue weighted by molar-refractivity contribution is 5.85. The number of halogens is 1. The number of rotatable bonds is 5. The van der Waals surface area contributed by atoms with Gasteiger partial charge in [0.05, 0.1) is 13.7 Å². The normalized spacial score (nSPS) is 14.2. The highest BCUT2D eigenvalue weighted by Crippen LogP contribution is 2.44. The highest BCUT2D eigenvalue weighted by Gasteiger charge is 2.35. The summed E-state index contributed by atoms with van der Waals surface area (Å²) in [5.74, 6) is 1.33. The zero-order valence-corrected chi connectivity index (χ0v) is 18.5. The first-order chi connectivity index (χ1) is 15.4. The Morgan fingerprint density at radius 2 is 1.88 bits per heavy atom. The van der Waals surface area contributed by atoms with Gasteiger partial charge in [-0.3, -0.25) is 4.98 Å². The molecule has 0 N–H and O–H groups in total. The van der Waals surface area contributed by atoms with Crippen LogP contribution < -0.4 is 9.47 Å². The molecule has 1 aliphatic rings. The van der Waals surface area contributed by atoms with Gasteiger partial charge in [-0.05, 0) is 66.9 Å². The van der Waals surface area contributed by atoms with Crippen LogP contribution >= 0.6 is 0 Å². The van der Waals surface area contributed by atoms with Gasteiger partial charge in [0.15, 0.2) is 0 Å². The summed E-state index contributed by atoms with van der Waals surface area (Å²) in [5, 5.41) is 1.06. The Labute approximate surface area is 187 Å². The maximum absolute atomic E-state index is 13.5. The number of hydrogen-bond donors (Lipinski definition) is 0. The smallest absolute Gasteiger partial charge is 0.149 e. The summed E-state index contributed by atoms with van der Waals surface area (Å²) < 4.78 is 25.1. The third-order valence-electron chi connectivity index (χ3n) is 6.07. The molecule has 5 rings (SSSR count). The van der Waals surface area contributed by atoms with Gasteiger partial charge in [-0.25, -0.2) is 9.37 Å². The number of ether oxygens (including phenoxy) is 2. The zero-order valence-electron chi connectivity index (χ0n) is 18.5. The molecular weight excluding hydrogens is 403 g/mol. The second-order valence-electron chi connectivity index (χ2n) is 8.89. The molecule has 0 saturated heterocycles. The third kappa shape index (κ3) is 3.68. The van der Waals surface area contributed by atoms with Crippen LogP contribution in [0.5, 0.6) is 11.5 Å². The van der Waals surface area contributed by atoms with Gasteiger partial charge in [-0.2, -0.15) is 0 Å². The fourth-order valence-corrected chi connectivity index (χ4v) is 4.29. The van der Waals surface area contributed by atoms with E-state index in [0.29, 0.717) is 6.61 Å². The number of aromatic nitrogens is 2. The first-order valence-corrected chi connectivity index (χ1v) is 10.8. The zero-order chi connectivity index (χ0) is 22.3.